The third-order valence-corrected chi connectivity index (χ3v) is 5.42. The second-order valence-corrected chi connectivity index (χ2v) is 7.47. The standard InChI is InChI=1S/C15H14ClN3O3S2/c1-22-6-2-5-17-13(20)9-7-18-15-19(14(9)21)10(8-23-15)11-3-4-12(16)24-11/h3-4,7-8H,2,5-6H2,1H3,(H,17,20). The first kappa shape index (κ1) is 17.1. The third-order valence-electron chi connectivity index (χ3n) is 3.33. The van der Waals surface area contributed by atoms with E-state index in [0.29, 0.717) is 34.6 Å². The number of nitrogens with zero attached hydrogens (tertiary/aromatic N) is 2. The molecule has 0 radical (unpaired) electrons. The van der Waals surface area contributed by atoms with Crippen LogP contribution in [0.3, 0.4) is 0 Å². The van der Waals surface area contributed by atoms with Crippen molar-refractivity contribution in [1.82, 2.24) is 14.7 Å². The fourth-order valence-corrected chi connectivity index (χ4v) is 4.16. The van der Waals surface area contributed by atoms with Crippen molar-refractivity contribution in [1.29, 1.82) is 0 Å². The number of carbonyl (C=O) groups excluding carboxylic acids is 1. The molecule has 3 aromatic heterocycles. The number of carbonyl (C=O) groups is 1. The number of aromatic nitrogens is 2. The van der Waals surface area contributed by atoms with Crippen LogP contribution in [0.25, 0.3) is 15.5 Å². The van der Waals surface area contributed by atoms with E-state index in [4.69, 9.17) is 16.3 Å². The van der Waals surface area contributed by atoms with Gasteiger partial charge in [-0.15, -0.1) is 22.7 Å². The van der Waals surface area contributed by atoms with Gasteiger partial charge < -0.3 is 10.1 Å². The lowest BCUT2D eigenvalue weighted by Crippen LogP contribution is -2.32. The zero-order valence-electron chi connectivity index (χ0n) is 12.7. The average molecular weight is 384 g/mol. The van der Waals surface area contributed by atoms with E-state index in [0.717, 1.165) is 4.88 Å². The van der Waals surface area contributed by atoms with E-state index in [9.17, 15) is 9.59 Å². The van der Waals surface area contributed by atoms with Crippen molar-refractivity contribution < 1.29 is 9.53 Å². The average Bonchev–Trinajstić information content (AvgIpc) is 3.18. The van der Waals surface area contributed by atoms with Crippen molar-refractivity contribution in [2.24, 2.45) is 0 Å². The molecule has 3 rings (SSSR count). The lowest BCUT2D eigenvalue weighted by Gasteiger charge is -2.05. The van der Waals surface area contributed by atoms with Crippen LogP contribution in [0.2, 0.25) is 4.34 Å². The molecule has 3 aromatic rings. The highest BCUT2D eigenvalue weighted by Gasteiger charge is 2.17. The Bertz CT molecular complexity index is 932. The Kier molecular flexibility index (Phi) is 5.30. The van der Waals surface area contributed by atoms with Crippen molar-refractivity contribution in [3.8, 4) is 10.6 Å². The quantitative estimate of drug-likeness (QED) is 0.664. The number of hydrogen-bond acceptors (Lipinski definition) is 6. The summed E-state index contributed by atoms with van der Waals surface area (Å²) < 4.78 is 7.02. The summed E-state index contributed by atoms with van der Waals surface area (Å²) in [6.07, 6.45) is 2.00. The normalized spacial score (nSPS) is 11.1. The van der Waals surface area contributed by atoms with Gasteiger partial charge in [0.2, 0.25) is 0 Å². The second kappa shape index (κ2) is 7.43. The maximum atomic E-state index is 12.7. The smallest absolute Gasteiger partial charge is 0.271 e. The Morgan fingerprint density at radius 2 is 2.29 bits per heavy atom. The number of nitrogens with one attached hydrogen (secondary N) is 1. The molecule has 0 unspecified atom stereocenters. The predicted octanol–water partition coefficient (Wildman–Crippen LogP) is 2.90. The van der Waals surface area contributed by atoms with E-state index < -0.39 is 5.91 Å². The summed E-state index contributed by atoms with van der Waals surface area (Å²) in [5, 5.41) is 4.55. The minimum atomic E-state index is -0.431. The summed E-state index contributed by atoms with van der Waals surface area (Å²) in [7, 11) is 1.60. The van der Waals surface area contributed by atoms with E-state index in [-0.39, 0.29) is 11.1 Å². The molecule has 0 aliphatic rings. The van der Waals surface area contributed by atoms with Crippen molar-refractivity contribution >= 4 is 45.1 Å². The van der Waals surface area contributed by atoms with Crippen LogP contribution in [0.15, 0.2) is 28.5 Å². The van der Waals surface area contributed by atoms with E-state index in [1.165, 1.54) is 33.3 Å². The number of hydrogen-bond donors (Lipinski definition) is 1. The van der Waals surface area contributed by atoms with Gasteiger partial charge in [-0.2, -0.15) is 0 Å². The Balaban J connectivity index is 1.95. The minimum absolute atomic E-state index is 0.0206. The molecule has 0 spiro atoms. The molecule has 0 saturated carbocycles. The van der Waals surface area contributed by atoms with E-state index in [1.54, 1.807) is 13.2 Å². The summed E-state index contributed by atoms with van der Waals surface area (Å²) >= 11 is 8.69. The van der Waals surface area contributed by atoms with Gasteiger partial charge in [-0.25, -0.2) is 9.38 Å². The number of halogens is 1. The molecule has 126 valence electrons. The molecular formula is C15H14ClN3O3S2. The van der Waals surface area contributed by atoms with Gasteiger partial charge in [0.15, 0.2) is 4.96 Å². The van der Waals surface area contributed by atoms with E-state index >= 15 is 0 Å². The Hall–Kier alpha value is -1.74. The van der Waals surface area contributed by atoms with Gasteiger partial charge in [-0.05, 0) is 18.6 Å². The largest absolute Gasteiger partial charge is 0.385 e. The summed E-state index contributed by atoms with van der Waals surface area (Å²) in [5.74, 6) is -0.431. The van der Waals surface area contributed by atoms with Gasteiger partial charge in [0.05, 0.1) is 14.9 Å². The summed E-state index contributed by atoms with van der Waals surface area (Å²) in [6, 6.07) is 3.62. The van der Waals surface area contributed by atoms with Crippen LogP contribution in [0.1, 0.15) is 16.8 Å². The third kappa shape index (κ3) is 3.36. The highest BCUT2D eigenvalue weighted by atomic mass is 35.5. The first-order valence-electron chi connectivity index (χ1n) is 7.14. The fourth-order valence-electron chi connectivity index (χ4n) is 2.19. The van der Waals surface area contributed by atoms with Gasteiger partial charge in [-0.3, -0.25) is 9.59 Å². The number of thiazole rings is 1. The summed E-state index contributed by atoms with van der Waals surface area (Å²) in [4.78, 5) is 30.6. The monoisotopic (exact) mass is 383 g/mol. The predicted molar refractivity (Wildman–Crippen MR) is 96.5 cm³/mol. The molecule has 24 heavy (non-hydrogen) atoms. The van der Waals surface area contributed by atoms with Gasteiger partial charge in [0.1, 0.15) is 5.56 Å². The van der Waals surface area contributed by atoms with Gasteiger partial charge >= 0.3 is 0 Å². The lowest BCUT2D eigenvalue weighted by atomic mass is 10.3. The van der Waals surface area contributed by atoms with Crippen LogP contribution in [-0.4, -0.2) is 35.6 Å². The number of amides is 1. The molecule has 0 atom stereocenters. The zero-order chi connectivity index (χ0) is 17.1. The topological polar surface area (TPSA) is 72.7 Å². The van der Waals surface area contributed by atoms with Crippen LogP contribution < -0.4 is 10.9 Å². The minimum Gasteiger partial charge on any atom is -0.385 e. The fraction of sp³-hybridized carbons (Fsp3) is 0.267. The van der Waals surface area contributed by atoms with Crippen molar-refractivity contribution in [3.63, 3.8) is 0 Å². The van der Waals surface area contributed by atoms with Gasteiger partial charge in [0.25, 0.3) is 11.5 Å². The van der Waals surface area contributed by atoms with E-state index in [2.05, 4.69) is 10.3 Å². The zero-order valence-corrected chi connectivity index (χ0v) is 15.1. The molecule has 0 bridgehead atoms. The number of thiophene rings is 1. The SMILES string of the molecule is COCCCNC(=O)c1cnc2scc(-c3ccc(Cl)s3)n2c1=O. The highest BCUT2D eigenvalue weighted by molar-refractivity contribution is 7.20. The first-order valence-corrected chi connectivity index (χ1v) is 9.21. The van der Waals surface area contributed by atoms with Crippen LogP contribution in [-0.2, 0) is 4.74 Å². The highest BCUT2D eigenvalue weighted by Crippen LogP contribution is 2.32. The second-order valence-electron chi connectivity index (χ2n) is 4.92. The Labute approximate surface area is 150 Å². The van der Waals surface area contributed by atoms with Crippen LogP contribution in [0, 0.1) is 0 Å². The van der Waals surface area contributed by atoms with Crippen LogP contribution in [0.4, 0.5) is 0 Å². The lowest BCUT2D eigenvalue weighted by molar-refractivity contribution is 0.0946. The molecule has 0 aromatic carbocycles. The van der Waals surface area contributed by atoms with Crippen LogP contribution >= 0.6 is 34.3 Å². The van der Waals surface area contributed by atoms with Gasteiger partial charge in [0, 0.05) is 31.8 Å². The van der Waals surface area contributed by atoms with Crippen LogP contribution in [0.5, 0.6) is 0 Å². The first-order chi connectivity index (χ1) is 11.6. The molecule has 3 heterocycles. The van der Waals surface area contributed by atoms with E-state index in [1.807, 2.05) is 11.4 Å². The molecular weight excluding hydrogens is 370 g/mol. The molecule has 6 nitrogen and oxygen atoms in total. The van der Waals surface area contributed by atoms with Crippen molar-refractivity contribution in [2.45, 2.75) is 6.42 Å². The maximum absolute atomic E-state index is 12.7. The molecule has 0 aliphatic carbocycles. The number of methoxy groups -OCH3 is 1. The van der Waals surface area contributed by atoms with Crippen molar-refractivity contribution in [3.05, 3.63) is 44.0 Å². The molecule has 0 aliphatic heterocycles. The molecule has 9 heteroatoms. The molecule has 1 amide bonds. The van der Waals surface area contributed by atoms with Gasteiger partial charge in [-0.1, -0.05) is 11.6 Å². The number of ether oxygens (including phenoxy) is 1. The summed E-state index contributed by atoms with van der Waals surface area (Å²) in [6.45, 7) is 0.982. The summed E-state index contributed by atoms with van der Waals surface area (Å²) in [5.41, 5.74) is 0.329. The number of rotatable bonds is 6. The molecule has 0 fully saturated rings. The Morgan fingerprint density at radius 3 is 3.00 bits per heavy atom. The number of fused-ring (bicyclic) bond motifs is 1. The molecule has 0 saturated heterocycles. The van der Waals surface area contributed by atoms with Crippen molar-refractivity contribution in [2.75, 3.05) is 20.3 Å². The Morgan fingerprint density at radius 1 is 1.46 bits per heavy atom. The molecule has 1 N–H and O–H groups in total. The maximum Gasteiger partial charge on any atom is 0.271 e.